The fourth-order valence-electron chi connectivity index (χ4n) is 2.50. The maximum Gasteiger partial charge on any atom is 0.262 e. The molecule has 1 amide bonds. The molecule has 0 spiro atoms. The number of hydrogen-bond donors (Lipinski definition) is 1. The van der Waals surface area contributed by atoms with Gasteiger partial charge in [-0.2, -0.15) is 0 Å². The second kappa shape index (κ2) is 8.36. The van der Waals surface area contributed by atoms with Gasteiger partial charge in [0.1, 0.15) is 5.75 Å². The quantitative estimate of drug-likeness (QED) is 0.682. The van der Waals surface area contributed by atoms with Crippen LogP contribution in [-0.2, 0) is 11.2 Å². The Bertz CT molecular complexity index is 849. The number of halogens is 1. The number of benzene rings is 3. The Hall–Kier alpha value is -2.78. The molecule has 0 unspecified atom stereocenters. The molecule has 0 aliphatic heterocycles. The highest BCUT2D eigenvalue weighted by Gasteiger charge is 2.09. The molecule has 0 radical (unpaired) electrons. The first-order valence-corrected chi connectivity index (χ1v) is 8.39. The van der Waals surface area contributed by atoms with Crippen LogP contribution in [0.2, 0.25) is 5.02 Å². The van der Waals surface area contributed by atoms with Gasteiger partial charge in [0.25, 0.3) is 5.91 Å². The van der Waals surface area contributed by atoms with Gasteiger partial charge in [-0.25, -0.2) is 0 Å². The molecule has 0 aromatic heterocycles. The Morgan fingerprint density at radius 3 is 2.36 bits per heavy atom. The van der Waals surface area contributed by atoms with Crippen LogP contribution in [-0.4, -0.2) is 12.5 Å². The second-order valence-electron chi connectivity index (χ2n) is 5.59. The van der Waals surface area contributed by atoms with E-state index in [1.807, 2.05) is 54.6 Å². The lowest BCUT2D eigenvalue weighted by molar-refractivity contribution is -0.118. The average molecular weight is 352 g/mol. The number of hydrogen-bond acceptors (Lipinski definition) is 2. The van der Waals surface area contributed by atoms with Crippen LogP contribution in [0.5, 0.6) is 5.75 Å². The minimum atomic E-state index is -0.248. The molecule has 0 saturated heterocycles. The Kier molecular flexibility index (Phi) is 5.70. The molecule has 4 heteroatoms. The Labute approximate surface area is 152 Å². The Morgan fingerprint density at radius 2 is 1.56 bits per heavy atom. The molecular weight excluding hydrogens is 334 g/mol. The largest absolute Gasteiger partial charge is 0.483 e. The summed E-state index contributed by atoms with van der Waals surface area (Å²) >= 11 is 6.05. The van der Waals surface area contributed by atoms with E-state index >= 15 is 0 Å². The maximum atomic E-state index is 12.1. The Morgan fingerprint density at radius 1 is 0.880 bits per heavy atom. The average Bonchev–Trinajstić information content (AvgIpc) is 2.64. The molecule has 25 heavy (non-hydrogen) atoms. The van der Waals surface area contributed by atoms with Crippen molar-refractivity contribution in [3.05, 3.63) is 95.0 Å². The second-order valence-corrected chi connectivity index (χ2v) is 5.99. The van der Waals surface area contributed by atoms with Crippen molar-refractivity contribution in [1.82, 2.24) is 0 Å². The summed E-state index contributed by atoms with van der Waals surface area (Å²) in [5.41, 5.74) is 2.81. The van der Waals surface area contributed by atoms with Crippen molar-refractivity contribution in [3.63, 3.8) is 0 Å². The van der Waals surface area contributed by atoms with Gasteiger partial charge >= 0.3 is 0 Å². The molecule has 0 bridgehead atoms. The lowest BCUT2D eigenvalue weighted by Crippen LogP contribution is -2.20. The molecule has 0 fully saturated rings. The fraction of sp³-hybridized carbons (Fsp3) is 0.0952. The molecule has 0 aliphatic carbocycles. The topological polar surface area (TPSA) is 38.3 Å². The number of para-hydroxylation sites is 2. The van der Waals surface area contributed by atoms with Crippen LogP contribution in [0.4, 0.5) is 5.69 Å². The minimum absolute atomic E-state index is 0.0724. The summed E-state index contributed by atoms with van der Waals surface area (Å²) in [5, 5.41) is 3.25. The number of amides is 1. The van der Waals surface area contributed by atoms with E-state index < -0.39 is 0 Å². The number of carbonyl (C=O) groups excluding carboxylic acids is 1. The van der Waals surface area contributed by atoms with Crippen molar-refractivity contribution in [2.24, 2.45) is 0 Å². The first kappa shape index (κ1) is 17.1. The summed E-state index contributed by atoms with van der Waals surface area (Å²) in [6.45, 7) is -0.0724. The number of anilines is 1. The van der Waals surface area contributed by atoms with E-state index in [0.717, 1.165) is 12.0 Å². The third-order valence-corrected chi connectivity index (χ3v) is 4.05. The van der Waals surface area contributed by atoms with Crippen LogP contribution in [0, 0.1) is 0 Å². The standard InChI is InChI=1S/C21H18ClNO2/c22-18-11-5-6-12-19(18)23-21(24)15-25-20-13-7-4-10-17(20)14-16-8-2-1-3-9-16/h1-13H,14-15H2,(H,23,24). The number of carbonyl (C=O) groups is 1. The zero-order valence-electron chi connectivity index (χ0n) is 13.6. The van der Waals surface area contributed by atoms with E-state index in [1.54, 1.807) is 12.1 Å². The zero-order chi connectivity index (χ0) is 17.5. The highest BCUT2D eigenvalue weighted by atomic mass is 35.5. The highest BCUT2D eigenvalue weighted by molar-refractivity contribution is 6.33. The minimum Gasteiger partial charge on any atom is -0.483 e. The molecule has 0 atom stereocenters. The molecular formula is C21H18ClNO2. The Balaban J connectivity index is 1.63. The van der Waals surface area contributed by atoms with Crippen LogP contribution < -0.4 is 10.1 Å². The van der Waals surface area contributed by atoms with E-state index in [4.69, 9.17) is 16.3 Å². The van der Waals surface area contributed by atoms with E-state index in [-0.39, 0.29) is 12.5 Å². The number of ether oxygens (including phenoxy) is 1. The summed E-state index contributed by atoms with van der Waals surface area (Å²) in [6.07, 6.45) is 0.753. The van der Waals surface area contributed by atoms with Crippen LogP contribution in [0.25, 0.3) is 0 Å². The molecule has 3 nitrogen and oxygen atoms in total. The molecule has 3 aromatic carbocycles. The summed E-state index contributed by atoms with van der Waals surface area (Å²) < 4.78 is 5.73. The fourth-order valence-corrected chi connectivity index (χ4v) is 2.68. The summed E-state index contributed by atoms with van der Waals surface area (Å²) in [4.78, 5) is 12.1. The van der Waals surface area contributed by atoms with Crippen LogP contribution in [0.3, 0.4) is 0 Å². The lowest BCUT2D eigenvalue weighted by atomic mass is 10.0. The van der Waals surface area contributed by atoms with Gasteiger partial charge < -0.3 is 10.1 Å². The number of rotatable bonds is 6. The van der Waals surface area contributed by atoms with Gasteiger partial charge in [0, 0.05) is 6.42 Å². The van der Waals surface area contributed by atoms with E-state index in [0.29, 0.717) is 16.5 Å². The summed E-state index contributed by atoms with van der Waals surface area (Å²) in [5.74, 6) is 0.461. The number of nitrogens with one attached hydrogen (secondary N) is 1. The van der Waals surface area contributed by atoms with Crippen molar-refractivity contribution in [2.75, 3.05) is 11.9 Å². The van der Waals surface area contributed by atoms with Crippen molar-refractivity contribution < 1.29 is 9.53 Å². The van der Waals surface area contributed by atoms with Gasteiger partial charge in [-0.15, -0.1) is 0 Å². The predicted octanol–water partition coefficient (Wildman–Crippen LogP) is 4.95. The monoisotopic (exact) mass is 351 g/mol. The molecule has 3 aromatic rings. The van der Waals surface area contributed by atoms with Crippen molar-refractivity contribution in [1.29, 1.82) is 0 Å². The third-order valence-electron chi connectivity index (χ3n) is 3.72. The normalized spacial score (nSPS) is 10.3. The van der Waals surface area contributed by atoms with E-state index in [9.17, 15) is 4.79 Å². The smallest absolute Gasteiger partial charge is 0.262 e. The van der Waals surface area contributed by atoms with Gasteiger partial charge in [0.15, 0.2) is 6.61 Å². The predicted molar refractivity (Wildman–Crippen MR) is 101 cm³/mol. The third kappa shape index (κ3) is 4.85. The van der Waals surface area contributed by atoms with E-state index in [2.05, 4.69) is 17.4 Å². The van der Waals surface area contributed by atoms with E-state index in [1.165, 1.54) is 5.56 Å². The SMILES string of the molecule is O=C(COc1ccccc1Cc1ccccc1)Nc1ccccc1Cl. The lowest BCUT2D eigenvalue weighted by Gasteiger charge is -2.12. The zero-order valence-corrected chi connectivity index (χ0v) is 14.4. The van der Waals surface area contributed by atoms with Crippen LogP contribution in [0.15, 0.2) is 78.9 Å². The van der Waals surface area contributed by atoms with Crippen molar-refractivity contribution in [2.45, 2.75) is 6.42 Å². The molecule has 0 heterocycles. The van der Waals surface area contributed by atoms with Crippen molar-refractivity contribution >= 4 is 23.2 Å². The maximum absolute atomic E-state index is 12.1. The summed E-state index contributed by atoms with van der Waals surface area (Å²) in [7, 11) is 0. The van der Waals surface area contributed by atoms with Gasteiger partial charge in [-0.1, -0.05) is 72.3 Å². The van der Waals surface area contributed by atoms with Gasteiger partial charge in [-0.3, -0.25) is 4.79 Å². The molecule has 126 valence electrons. The molecule has 3 rings (SSSR count). The van der Waals surface area contributed by atoms with Gasteiger partial charge in [0.2, 0.25) is 0 Å². The van der Waals surface area contributed by atoms with Gasteiger partial charge in [-0.05, 0) is 29.3 Å². The highest BCUT2D eigenvalue weighted by Crippen LogP contribution is 2.22. The first-order valence-electron chi connectivity index (χ1n) is 8.01. The summed E-state index contributed by atoms with van der Waals surface area (Å²) in [6, 6.07) is 25.0. The van der Waals surface area contributed by atoms with Crippen LogP contribution >= 0.6 is 11.6 Å². The molecule has 1 N–H and O–H groups in total. The van der Waals surface area contributed by atoms with Crippen LogP contribution in [0.1, 0.15) is 11.1 Å². The van der Waals surface area contributed by atoms with Gasteiger partial charge in [0.05, 0.1) is 10.7 Å². The molecule has 0 saturated carbocycles. The van der Waals surface area contributed by atoms with Crippen molar-refractivity contribution in [3.8, 4) is 5.75 Å². The molecule has 0 aliphatic rings. The first-order chi connectivity index (χ1) is 12.2.